The fraction of sp³-hybridized carbons (Fsp3) is 0.0625. The van der Waals surface area contributed by atoms with Crippen LogP contribution in [0.15, 0.2) is 57.7 Å². The van der Waals surface area contributed by atoms with Crippen LogP contribution in [-0.2, 0) is 0 Å². The zero-order valence-corrected chi connectivity index (χ0v) is 11.5. The molecule has 0 aliphatic heterocycles. The van der Waals surface area contributed by atoms with E-state index in [0.29, 0.717) is 21.8 Å². The molecule has 100 valence electrons. The highest BCUT2D eigenvalue weighted by molar-refractivity contribution is 6.31. The van der Waals surface area contributed by atoms with Crippen molar-refractivity contribution < 1.29 is 9.15 Å². The van der Waals surface area contributed by atoms with E-state index in [1.165, 1.54) is 6.07 Å². The molecule has 3 rings (SSSR count). The second-order valence-corrected chi connectivity index (χ2v) is 4.78. The molecule has 0 N–H and O–H groups in total. The highest BCUT2D eigenvalue weighted by Crippen LogP contribution is 2.25. The molecule has 20 heavy (non-hydrogen) atoms. The van der Waals surface area contributed by atoms with E-state index in [2.05, 4.69) is 0 Å². The van der Waals surface area contributed by atoms with E-state index in [4.69, 9.17) is 20.8 Å². The van der Waals surface area contributed by atoms with Crippen LogP contribution in [0.3, 0.4) is 0 Å². The van der Waals surface area contributed by atoms with Gasteiger partial charge >= 0.3 is 0 Å². The third-order valence-electron chi connectivity index (χ3n) is 3.07. The van der Waals surface area contributed by atoms with Crippen molar-refractivity contribution in [3.05, 3.63) is 63.8 Å². The van der Waals surface area contributed by atoms with Crippen molar-refractivity contribution in [3.63, 3.8) is 0 Å². The number of benzene rings is 2. The minimum Gasteiger partial charge on any atom is -0.497 e. The Morgan fingerprint density at radius 2 is 1.80 bits per heavy atom. The lowest BCUT2D eigenvalue weighted by atomic mass is 10.1. The van der Waals surface area contributed by atoms with Crippen LogP contribution in [0.4, 0.5) is 0 Å². The smallest absolute Gasteiger partial charge is 0.193 e. The molecule has 0 saturated carbocycles. The summed E-state index contributed by atoms with van der Waals surface area (Å²) in [4.78, 5) is 12.1. The molecule has 0 fully saturated rings. The molecule has 0 aliphatic rings. The van der Waals surface area contributed by atoms with E-state index >= 15 is 0 Å². The van der Waals surface area contributed by atoms with Gasteiger partial charge in [-0.15, -0.1) is 0 Å². The topological polar surface area (TPSA) is 39.4 Å². The van der Waals surface area contributed by atoms with Crippen LogP contribution in [0.2, 0.25) is 5.02 Å². The quantitative estimate of drug-likeness (QED) is 0.711. The number of hydrogen-bond acceptors (Lipinski definition) is 3. The molecule has 3 aromatic rings. The summed E-state index contributed by atoms with van der Waals surface area (Å²) in [7, 11) is 1.60. The highest BCUT2D eigenvalue weighted by atomic mass is 35.5. The van der Waals surface area contributed by atoms with Crippen LogP contribution in [0.25, 0.3) is 22.3 Å². The van der Waals surface area contributed by atoms with Gasteiger partial charge in [0.05, 0.1) is 12.5 Å². The molecule has 0 spiro atoms. The lowest BCUT2D eigenvalue weighted by molar-refractivity contribution is 0.415. The van der Waals surface area contributed by atoms with Gasteiger partial charge in [0.25, 0.3) is 0 Å². The summed E-state index contributed by atoms with van der Waals surface area (Å²) in [6.45, 7) is 0. The lowest BCUT2D eigenvalue weighted by Crippen LogP contribution is -2.00. The maximum atomic E-state index is 12.1. The molecular formula is C16H11ClO3. The van der Waals surface area contributed by atoms with Crippen LogP contribution in [0, 0.1) is 0 Å². The molecule has 0 bridgehead atoms. The summed E-state index contributed by atoms with van der Waals surface area (Å²) in [5.74, 6) is 1.26. The van der Waals surface area contributed by atoms with Gasteiger partial charge in [0.15, 0.2) is 5.43 Å². The first kappa shape index (κ1) is 12.8. The average Bonchev–Trinajstić information content (AvgIpc) is 2.46. The summed E-state index contributed by atoms with van der Waals surface area (Å²) in [5, 5.41) is 1.05. The van der Waals surface area contributed by atoms with E-state index in [9.17, 15) is 4.79 Å². The van der Waals surface area contributed by atoms with Crippen molar-refractivity contribution in [2.75, 3.05) is 7.11 Å². The third-order valence-corrected chi connectivity index (χ3v) is 3.30. The van der Waals surface area contributed by atoms with Gasteiger partial charge in [-0.05, 0) is 36.4 Å². The molecule has 3 nitrogen and oxygen atoms in total. The largest absolute Gasteiger partial charge is 0.497 e. The summed E-state index contributed by atoms with van der Waals surface area (Å²) in [5.41, 5.74) is 1.20. The maximum Gasteiger partial charge on any atom is 0.193 e. The van der Waals surface area contributed by atoms with Gasteiger partial charge in [0.2, 0.25) is 0 Å². The fourth-order valence-electron chi connectivity index (χ4n) is 2.03. The SMILES string of the molecule is COc1ccc(-c2cc(=O)c3ccc(Cl)cc3o2)cc1. The van der Waals surface area contributed by atoms with Gasteiger partial charge in [0.1, 0.15) is 17.1 Å². The Morgan fingerprint density at radius 1 is 1.05 bits per heavy atom. The van der Waals surface area contributed by atoms with E-state index < -0.39 is 0 Å². The minimum absolute atomic E-state index is 0.0891. The first-order chi connectivity index (χ1) is 9.67. The summed E-state index contributed by atoms with van der Waals surface area (Å²) >= 11 is 5.93. The Kier molecular flexibility index (Phi) is 3.20. The van der Waals surface area contributed by atoms with Gasteiger partial charge in [-0.2, -0.15) is 0 Å². The third kappa shape index (κ3) is 2.28. The summed E-state index contributed by atoms with van der Waals surface area (Å²) < 4.78 is 10.9. The summed E-state index contributed by atoms with van der Waals surface area (Å²) in [6, 6.07) is 13.8. The molecule has 2 aromatic carbocycles. The van der Waals surface area contributed by atoms with E-state index in [-0.39, 0.29) is 5.43 Å². The number of rotatable bonds is 2. The number of fused-ring (bicyclic) bond motifs is 1. The Labute approximate surface area is 120 Å². The van der Waals surface area contributed by atoms with Crippen molar-refractivity contribution in [2.45, 2.75) is 0 Å². The van der Waals surface area contributed by atoms with E-state index in [0.717, 1.165) is 11.3 Å². The highest BCUT2D eigenvalue weighted by Gasteiger charge is 2.07. The van der Waals surface area contributed by atoms with Crippen LogP contribution >= 0.6 is 11.6 Å². The Balaban J connectivity index is 2.18. The van der Waals surface area contributed by atoms with Gasteiger partial charge < -0.3 is 9.15 Å². The predicted molar refractivity (Wildman–Crippen MR) is 79.5 cm³/mol. The lowest BCUT2D eigenvalue weighted by Gasteiger charge is -2.04. The maximum absolute atomic E-state index is 12.1. The van der Waals surface area contributed by atoms with Crippen LogP contribution in [-0.4, -0.2) is 7.11 Å². The molecule has 0 saturated heterocycles. The Hall–Kier alpha value is -2.26. The van der Waals surface area contributed by atoms with Crippen LogP contribution in [0.1, 0.15) is 0 Å². The fourth-order valence-corrected chi connectivity index (χ4v) is 2.19. The van der Waals surface area contributed by atoms with E-state index in [1.807, 2.05) is 24.3 Å². The molecule has 4 heteroatoms. The molecular weight excluding hydrogens is 276 g/mol. The molecule has 0 atom stereocenters. The Bertz CT molecular complexity index is 819. The van der Waals surface area contributed by atoms with Crippen molar-refractivity contribution in [1.29, 1.82) is 0 Å². The number of halogens is 1. The standard InChI is InChI=1S/C16H11ClO3/c1-19-12-5-2-10(3-6-12)15-9-14(18)13-7-4-11(17)8-16(13)20-15/h2-9H,1H3. The summed E-state index contributed by atoms with van der Waals surface area (Å²) in [6.07, 6.45) is 0. The number of methoxy groups -OCH3 is 1. The number of hydrogen-bond donors (Lipinski definition) is 0. The van der Waals surface area contributed by atoms with Gasteiger partial charge in [-0.3, -0.25) is 4.79 Å². The zero-order valence-electron chi connectivity index (χ0n) is 10.7. The van der Waals surface area contributed by atoms with Crippen molar-refractivity contribution in [3.8, 4) is 17.1 Å². The molecule has 0 aliphatic carbocycles. The monoisotopic (exact) mass is 286 g/mol. The molecule has 1 aromatic heterocycles. The van der Waals surface area contributed by atoms with Crippen molar-refractivity contribution in [2.24, 2.45) is 0 Å². The average molecular weight is 287 g/mol. The van der Waals surface area contributed by atoms with Gasteiger partial charge in [-0.1, -0.05) is 11.6 Å². The second-order valence-electron chi connectivity index (χ2n) is 4.34. The van der Waals surface area contributed by atoms with Crippen molar-refractivity contribution in [1.82, 2.24) is 0 Å². The first-order valence-electron chi connectivity index (χ1n) is 6.05. The molecule has 0 unspecified atom stereocenters. The van der Waals surface area contributed by atoms with Crippen LogP contribution < -0.4 is 10.2 Å². The second kappa shape index (κ2) is 5.02. The predicted octanol–water partition coefficient (Wildman–Crippen LogP) is 4.12. The molecule has 0 amide bonds. The van der Waals surface area contributed by atoms with Gasteiger partial charge in [0, 0.05) is 22.7 Å². The Morgan fingerprint density at radius 3 is 2.50 bits per heavy atom. The molecule has 0 radical (unpaired) electrons. The van der Waals surface area contributed by atoms with Crippen molar-refractivity contribution >= 4 is 22.6 Å². The zero-order chi connectivity index (χ0) is 14.1. The van der Waals surface area contributed by atoms with Crippen LogP contribution in [0.5, 0.6) is 5.75 Å². The normalized spacial score (nSPS) is 10.7. The number of ether oxygens (including phenoxy) is 1. The molecule has 1 heterocycles. The minimum atomic E-state index is -0.0891. The first-order valence-corrected chi connectivity index (χ1v) is 6.43. The van der Waals surface area contributed by atoms with E-state index in [1.54, 1.807) is 25.3 Å². The van der Waals surface area contributed by atoms with Gasteiger partial charge in [-0.25, -0.2) is 0 Å².